The van der Waals surface area contributed by atoms with Gasteiger partial charge in [0.15, 0.2) is 0 Å². The minimum absolute atomic E-state index is 0.0538. The Labute approximate surface area is 311 Å². The molecule has 0 atom stereocenters. The van der Waals surface area contributed by atoms with Gasteiger partial charge in [-0.3, -0.25) is 4.57 Å². The first-order chi connectivity index (χ1) is 31.7. The number of aromatic nitrogens is 2. The van der Waals surface area contributed by atoms with Crippen LogP contribution in [-0.4, -0.2) is 9.55 Å². The summed E-state index contributed by atoms with van der Waals surface area (Å²) in [6, 6.07) is 6.71. The number of rotatable bonds is 6. The fourth-order valence-electron chi connectivity index (χ4n) is 6.43. The SMILES string of the molecule is [2H]c1c([2H])c([2H])c(-c2cc(-c3c([2H])c([2H])c([2H])c([2H])c3[2H])cc(-c3c4c([2H])c([2H])c([2H])c([2H])c4c(-c4ccc(-n5c(CC)nc6ccccc65)cc4)c4c([2H])c([2H])c([2H])c([2H])c34)c2)c([2H])c1[2H]. The lowest BCUT2D eigenvalue weighted by Gasteiger charge is -2.19. The summed E-state index contributed by atoms with van der Waals surface area (Å²) in [6.45, 7) is 1.97. The Hall–Kier alpha value is -6.25. The van der Waals surface area contributed by atoms with Gasteiger partial charge in [0.25, 0.3) is 0 Å². The molecule has 232 valence electrons. The summed E-state index contributed by atoms with van der Waals surface area (Å²) in [4.78, 5) is 4.78. The molecule has 0 spiro atoms. The first kappa shape index (κ1) is 15.8. The number of benzene rings is 8. The van der Waals surface area contributed by atoms with Crippen LogP contribution in [0, 0.1) is 0 Å². The van der Waals surface area contributed by atoms with Gasteiger partial charge in [-0.25, -0.2) is 4.98 Å². The summed E-state index contributed by atoms with van der Waals surface area (Å²) in [6.07, 6.45) is 0.592. The van der Waals surface area contributed by atoms with Gasteiger partial charge in [0.05, 0.1) is 35.7 Å². The molecular formula is C47H34N2. The Bertz CT molecular complexity index is 3430. The summed E-state index contributed by atoms with van der Waals surface area (Å²) in [5, 5.41) is -0.680. The Morgan fingerprint density at radius 3 is 1.49 bits per heavy atom. The fourth-order valence-corrected chi connectivity index (χ4v) is 6.43. The van der Waals surface area contributed by atoms with Crippen LogP contribution in [0.1, 0.15) is 37.4 Å². The zero-order chi connectivity index (χ0) is 48.4. The van der Waals surface area contributed by atoms with Gasteiger partial charge >= 0.3 is 0 Å². The number of aryl methyl sites for hydroxylation is 1. The van der Waals surface area contributed by atoms with Crippen molar-refractivity contribution in [2.45, 2.75) is 13.3 Å². The molecule has 1 heterocycles. The van der Waals surface area contributed by atoms with Crippen molar-refractivity contribution in [3.05, 3.63) is 181 Å². The van der Waals surface area contributed by atoms with Gasteiger partial charge in [-0.05, 0) is 109 Å². The standard InChI is InChI=1S/C47H34N2/c1-2-45-48-43-23-13-14-24-44(43)49(45)38-27-25-34(26-28-38)46-39-19-9-11-21-41(39)47(42-22-12-10-20-40(42)46)37-30-35(32-15-5-3-6-16-32)29-36(31-37)33-17-7-4-8-18-33/h3-31H,2H2,1H3/i3D,4D,5D,6D,7D,8D,9D,10D,11D,12D,15D,16D,17D,18D,19D,20D,21D,22D. The lowest BCUT2D eigenvalue weighted by molar-refractivity contribution is 0.908. The molecule has 0 aliphatic rings. The highest BCUT2D eigenvalue weighted by atomic mass is 15.1. The Morgan fingerprint density at radius 2 is 0.959 bits per heavy atom. The average molecular weight is 645 g/mol. The predicted molar refractivity (Wildman–Crippen MR) is 207 cm³/mol. The number of imidazole rings is 1. The molecule has 0 saturated heterocycles. The van der Waals surface area contributed by atoms with Crippen LogP contribution in [0.25, 0.3) is 82.8 Å². The summed E-state index contributed by atoms with van der Waals surface area (Å²) < 4.78 is 162. The van der Waals surface area contributed by atoms with Gasteiger partial charge in [-0.15, -0.1) is 0 Å². The normalized spacial score (nSPS) is 16.6. The van der Waals surface area contributed by atoms with Crippen molar-refractivity contribution in [2.24, 2.45) is 0 Å². The van der Waals surface area contributed by atoms with Gasteiger partial charge in [0.2, 0.25) is 0 Å². The largest absolute Gasteiger partial charge is 0.296 e. The van der Waals surface area contributed by atoms with Crippen molar-refractivity contribution >= 4 is 32.6 Å². The van der Waals surface area contributed by atoms with E-state index in [1.165, 1.54) is 18.2 Å². The van der Waals surface area contributed by atoms with Crippen LogP contribution in [0.15, 0.2) is 175 Å². The molecular weight excluding hydrogens is 593 g/mol. The zero-order valence-electron chi connectivity index (χ0n) is 44.0. The van der Waals surface area contributed by atoms with Gasteiger partial charge < -0.3 is 0 Å². The lowest BCUT2D eigenvalue weighted by atomic mass is 9.84. The van der Waals surface area contributed by atoms with E-state index in [0.29, 0.717) is 17.7 Å². The van der Waals surface area contributed by atoms with Crippen molar-refractivity contribution in [3.63, 3.8) is 0 Å². The van der Waals surface area contributed by atoms with Gasteiger partial charge in [0, 0.05) is 12.1 Å². The van der Waals surface area contributed by atoms with Gasteiger partial charge in [-0.1, -0.05) is 140 Å². The molecule has 0 saturated carbocycles. The van der Waals surface area contributed by atoms with Crippen LogP contribution in [0.2, 0.25) is 0 Å². The molecule has 0 aliphatic carbocycles. The van der Waals surface area contributed by atoms with E-state index in [-0.39, 0.29) is 60.5 Å². The van der Waals surface area contributed by atoms with Crippen LogP contribution < -0.4 is 0 Å². The maximum atomic E-state index is 9.50. The van der Waals surface area contributed by atoms with E-state index in [1.807, 2.05) is 35.8 Å². The van der Waals surface area contributed by atoms with E-state index in [1.54, 1.807) is 24.3 Å². The minimum atomic E-state index is -0.701. The highest BCUT2D eigenvalue weighted by Crippen LogP contribution is 2.45. The number of para-hydroxylation sites is 2. The molecule has 2 nitrogen and oxygen atoms in total. The first-order valence-corrected chi connectivity index (χ1v) is 15.6. The quantitative estimate of drug-likeness (QED) is 0.165. The van der Waals surface area contributed by atoms with E-state index in [4.69, 9.17) is 24.2 Å². The molecule has 9 rings (SSSR count). The van der Waals surface area contributed by atoms with Crippen LogP contribution in [0.3, 0.4) is 0 Å². The molecule has 9 aromatic rings. The molecule has 0 amide bonds. The second-order valence-corrected chi connectivity index (χ2v) is 11.3. The molecule has 49 heavy (non-hydrogen) atoms. The van der Waals surface area contributed by atoms with E-state index < -0.39 is 109 Å². The first-order valence-electron chi connectivity index (χ1n) is 24.6. The predicted octanol–water partition coefficient (Wildman–Crippen LogP) is 12.6. The van der Waals surface area contributed by atoms with Crippen molar-refractivity contribution in [2.75, 3.05) is 0 Å². The molecule has 0 aliphatic heterocycles. The highest BCUT2D eigenvalue weighted by molar-refractivity contribution is 6.21. The maximum absolute atomic E-state index is 9.50. The third-order valence-electron chi connectivity index (χ3n) is 8.53. The molecule has 1 aromatic heterocycles. The van der Waals surface area contributed by atoms with E-state index in [9.17, 15) is 5.48 Å². The molecule has 0 unspecified atom stereocenters. The molecule has 2 heteroatoms. The maximum Gasteiger partial charge on any atom is 0.114 e. The third-order valence-corrected chi connectivity index (χ3v) is 8.53. The van der Waals surface area contributed by atoms with E-state index >= 15 is 0 Å². The highest BCUT2D eigenvalue weighted by Gasteiger charge is 2.18. The minimum Gasteiger partial charge on any atom is -0.296 e. The summed E-state index contributed by atoms with van der Waals surface area (Å²) in [5.41, 5.74) is 1.47. The summed E-state index contributed by atoms with van der Waals surface area (Å²) in [7, 11) is 0. The number of nitrogens with zero attached hydrogens (tertiary/aromatic N) is 2. The van der Waals surface area contributed by atoms with E-state index in [0.717, 1.165) is 16.9 Å². The van der Waals surface area contributed by atoms with Crippen LogP contribution >= 0.6 is 0 Å². The number of hydrogen-bond donors (Lipinski definition) is 0. The van der Waals surface area contributed by atoms with Gasteiger partial charge in [0.1, 0.15) is 5.82 Å². The number of fused-ring (bicyclic) bond motifs is 3. The molecule has 0 N–H and O–H groups in total. The summed E-state index contributed by atoms with van der Waals surface area (Å²) >= 11 is 0. The Kier molecular flexibility index (Phi) is 3.89. The average Bonchev–Trinajstić information content (AvgIpc) is 3.71. The second-order valence-electron chi connectivity index (χ2n) is 11.3. The monoisotopic (exact) mass is 644 g/mol. The Balaban J connectivity index is 1.48. The van der Waals surface area contributed by atoms with Gasteiger partial charge in [-0.2, -0.15) is 0 Å². The van der Waals surface area contributed by atoms with Crippen LogP contribution in [0.5, 0.6) is 0 Å². The van der Waals surface area contributed by atoms with Crippen molar-refractivity contribution < 1.29 is 24.7 Å². The van der Waals surface area contributed by atoms with E-state index in [2.05, 4.69) is 0 Å². The van der Waals surface area contributed by atoms with Crippen molar-refractivity contribution in [1.29, 1.82) is 0 Å². The topological polar surface area (TPSA) is 17.8 Å². The lowest BCUT2D eigenvalue weighted by Crippen LogP contribution is -2.00. The van der Waals surface area contributed by atoms with Crippen LogP contribution in [-0.2, 0) is 6.42 Å². The Morgan fingerprint density at radius 1 is 0.490 bits per heavy atom. The van der Waals surface area contributed by atoms with Crippen molar-refractivity contribution in [3.8, 4) is 50.2 Å². The smallest absolute Gasteiger partial charge is 0.114 e. The third kappa shape index (κ3) is 5.01. The molecule has 0 radical (unpaired) electrons. The molecule has 0 fully saturated rings. The van der Waals surface area contributed by atoms with Crippen molar-refractivity contribution in [1.82, 2.24) is 9.55 Å². The fraction of sp³-hybridized carbons (Fsp3) is 0.0426. The molecule has 0 bridgehead atoms. The zero-order valence-corrected chi connectivity index (χ0v) is 26.0. The summed E-state index contributed by atoms with van der Waals surface area (Å²) in [5.74, 6) is 0.770. The number of hydrogen-bond acceptors (Lipinski definition) is 1. The molecule has 8 aromatic carbocycles. The second kappa shape index (κ2) is 12.1. The van der Waals surface area contributed by atoms with Crippen LogP contribution in [0.4, 0.5) is 0 Å².